The molecule has 3 aromatic heterocycles. The number of anilines is 2. The number of thiazole rings is 2. The average Bonchev–Trinajstić information content (AvgIpc) is 3.48. The van der Waals surface area contributed by atoms with Gasteiger partial charge in [-0.3, -0.25) is 14.9 Å². The smallest absolute Gasteiger partial charge is 0.293 e. The minimum absolute atomic E-state index is 0.0790. The topological polar surface area (TPSA) is 97.1 Å². The molecule has 10 heteroatoms. The maximum absolute atomic E-state index is 12.4. The molecule has 0 aliphatic heterocycles. The Morgan fingerprint density at radius 2 is 2.06 bits per heavy atom. The summed E-state index contributed by atoms with van der Waals surface area (Å²) in [5.41, 5.74) is 2.68. The molecule has 0 aliphatic rings. The normalized spacial score (nSPS) is 10.8. The Labute approximate surface area is 191 Å². The van der Waals surface area contributed by atoms with E-state index < -0.39 is 0 Å². The van der Waals surface area contributed by atoms with Gasteiger partial charge >= 0.3 is 0 Å². The fourth-order valence-electron chi connectivity index (χ4n) is 2.73. The van der Waals surface area contributed by atoms with Crippen LogP contribution in [0.2, 0.25) is 5.02 Å². The van der Waals surface area contributed by atoms with Crippen molar-refractivity contribution in [3.63, 3.8) is 0 Å². The average molecular weight is 473 g/mol. The lowest BCUT2D eigenvalue weighted by Gasteiger charge is -2.02. The molecule has 2 amide bonds. The van der Waals surface area contributed by atoms with Gasteiger partial charge < -0.3 is 9.73 Å². The van der Waals surface area contributed by atoms with E-state index in [0.717, 1.165) is 21.0 Å². The minimum atomic E-state index is -0.388. The summed E-state index contributed by atoms with van der Waals surface area (Å²) in [6.07, 6.45) is 3.94. The van der Waals surface area contributed by atoms with E-state index in [-0.39, 0.29) is 24.0 Å². The van der Waals surface area contributed by atoms with E-state index in [0.29, 0.717) is 22.4 Å². The molecule has 0 bridgehead atoms. The number of carbonyl (C=O) groups is 2. The van der Waals surface area contributed by atoms with Gasteiger partial charge in [-0.15, -0.1) is 22.7 Å². The highest BCUT2D eigenvalue weighted by Crippen LogP contribution is 2.24. The van der Waals surface area contributed by atoms with Gasteiger partial charge in [0.1, 0.15) is 0 Å². The first kappa shape index (κ1) is 21.2. The summed E-state index contributed by atoms with van der Waals surface area (Å²) in [4.78, 5) is 33.9. The fraction of sp³-hybridized carbons (Fsp3) is 0.143. The van der Waals surface area contributed by atoms with Crippen LogP contribution in [0, 0.1) is 6.92 Å². The van der Waals surface area contributed by atoms with Gasteiger partial charge in [-0.1, -0.05) is 23.7 Å². The Morgan fingerprint density at radius 1 is 1.19 bits per heavy atom. The molecule has 31 heavy (non-hydrogen) atoms. The number of halogens is 1. The molecular formula is C21H17ClN4O3S2. The molecule has 2 N–H and O–H groups in total. The van der Waals surface area contributed by atoms with E-state index in [9.17, 15) is 9.59 Å². The number of carbonyl (C=O) groups excluding carboxylic acids is 2. The molecule has 1 aromatic carbocycles. The molecule has 0 saturated heterocycles. The lowest BCUT2D eigenvalue weighted by Crippen LogP contribution is -2.15. The zero-order chi connectivity index (χ0) is 21.8. The Bertz CT molecular complexity index is 1220. The van der Waals surface area contributed by atoms with E-state index in [1.165, 1.54) is 28.9 Å². The summed E-state index contributed by atoms with van der Waals surface area (Å²) >= 11 is 8.84. The molecule has 0 radical (unpaired) electrons. The van der Waals surface area contributed by atoms with Crippen molar-refractivity contribution >= 4 is 56.4 Å². The Kier molecular flexibility index (Phi) is 6.45. The molecule has 0 fully saturated rings. The highest BCUT2D eigenvalue weighted by molar-refractivity contribution is 7.15. The molecule has 158 valence electrons. The highest BCUT2D eigenvalue weighted by atomic mass is 35.5. The van der Waals surface area contributed by atoms with Gasteiger partial charge in [0.05, 0.1) is 18.4 Å². The maximum Gasteiger partial charge on any atom is 0.293 e. The number of amides is 2. The van der Waals surface area contributed by atoms with Crippen LogP contribution in [0.1, 0.15) is 32.3 Å². The number of nitrogens with zero attached hydrogens (tertiary/aromatic N) is 2. The van der Waals surface area contributed by atoms with Gasteiger partial charge in [0.25, 0.3) is 5.91 Å². The molecule has 3 heterocycles. The lowest BCUT2D eigenvalue weighted by atomic mass is 10.1. The number of benzene rings is 1. The van der Waals surface area contributed by atoms with Gasteiger partial charge in [0.15, 0.2) is 16.0 Å². The molecular weight excluding hydrogens is 456 g/mol. The number of rotatable bonds is 7. The molecule has 4 rings (SSSR count). The van der Waals surface area contributed by atoms with E-state index in [4.69, 9.17) is 16.0 Å². The van der Waals surface area contributed by atoms with E-state index in [1.807, 2.05) is 25.1 Å². The van der Waals surface area contributed by atoms with Crippen LogP contribution in [0.3, 0.4) is 0 Å². The van der Waals surface area contributed by atoms with Crippen molar-refractivity contribution in [1.29, 1.82) is 0 Å². The number of nitrogens with one attached hydrogen (secondary N) is 2. The number of hydrogen-bond acceptors (Lipinski definition) is 7. The second-order valence-corrected chi connectivity index (χ2v) is 9.07. The van der Waals surface area contributed by atoms with E-state index in [2.05, 4.69) is 20.6 Å². The molecule has 0 spiro atoms. The van der Waals surface area contributed by atoms with Crippen molar-refractivity contribution in [2.75, 3.05) is 10.6 Å². The molecule has 0 aliphatic carbocycles. The van der Waals surface area contributed by atoms with Crippen molar-refractivity contribution in [3.8, 4) is 0 Å². The first-order valence-electron chi connectivity index (χ1n) is 9.25. The number of hydrogen-bond donors (Lipinski definition) is 2. The van der Waals surface area contributed by atoms with E-state index >= 15 is 0 Å². The monoisotopic (exact) mass is 472 g/mol. The number of furan rings is 1. The molecule has 7 nitrogen and oxygen atoms in total. The van der Waals surface area contributed by atoms with Crippen LogP contribution in [0.4, 0.5) is 10.3 Å². The fourth-order valence-corrected chi connectivity index (χ4v) is 4.51. The van der Waals surface area contributed by atoms with Crippen molar-refractivity contribution in [1.82, 2.24) is 9.97 Å². The third kappa shape index (κ3) is 5.57. The summed E-state index contributed by atoms with van der Waals surface area (Å²) in [6.45, 7) is 1.96. The SMILES string of the molecule is Cc1ccc(Cc2cnc(NC(=O)Cc3csc(NC(=O)c4ccco4)n3)s2)cc1Cl. The van der Waals surface area contributed by atoms with Gasteiger partial charge in [0.2, 0.25) is 5.91 Å². The zero-order valence-electron chi connectivity index (χ0n) is 16.3. The van der Waals surface area contributed by atoms with Crippen LogP contribution in [0.25, 0.3) is 0 Å². The second-order valence-electron chi connectivity index (χ2n) is 6.69. The van der Waals surface area contributed by atoms with Crippen molar-refractivity contribution < 1.29 is 14.0 Å². The van der Waals surface area contributed by atoms with Crippen LogP contribution in [-0.4, -0.2) is 21.8 Å². The van der Waals surface area contributed by atoms with Crippen LogP contribution < -0.4 is 10.6 Å². The van der Waals surface area contributed by atoms with Crippen molar-refractivity contribution in [2.24, 2.45) is 0 Å². The number of aromatic nitrogens is 2. The second kappa shape index (κ2) is 9.42. The maximum atomic E-state index is 12.4. The molecule has 0 atom stereocenters. The predicted octanol–water partition coefficient (Wildman–Crippen LogP) is 5.18. The molecule has 4 aromatic rings. The summed E-state index contributed by atoms with van der Waals surface area (Å²) < 4.78 is 5.04. The number of aryl methyl sites for hydroxylation is 1. The third-order valence-electron chi connectivity index (χ3n) is 4.27. The van der Waals surface area contributed by atoms with Gasteiger partial charge in [-0.2, -0.15) is 0 Å². The highest BCUT2D eigenvalue weighted by Gasteiger charge is 2.14. The third-order valence-corrected chi connectivity index (χ3v) is 6.40. The summed E-state index contributed by atoms with van der Waals surface area (Å²) in [5.74, 6) is -0.420. The first-order valence-corrected chi connectivity index (χ1v) is 11.3. The largest absolute Gasteiger partial charge is 0.459 e. The van der Waals surface area contributed by atoms with Gasteiger partial charge in [-0.25, -0.2) is 9.97 Å². The minimum Gasteiger partial charge on any atom is -0.459 e. The van der Waals surface area contributed by atoms with Crippen molar-refractivity contribution in [3.05, 3.63) is 80.7 Å². The summed E-state index contributed by atoms with van der Waals surface area (Å²) in [5, 5.41) is 8.83. The van der Waals surface area contributed by atoms with Crippen LogP contribution >= 0.6 is 34.3 Å². The zero-order valence-corrected chi connectivity index (χ0v) is 18.7. The van der Waals surface area contributed by atoms with E-state index in [1.54, 1.807) is 23.7 Å². The Hall–Kier alpha value is -3.01. The van der Waals surface area contributed by atoms with Gasteiger partial charge in [0, 0.05) is 27.9 Å². The quantitative estimate of drug-likeness (QED) is 0.386. The van der Waals surface area contributed by atoms with Crippen LogP contribution in [-0.2, 0) is 17.6 Å². The van der Waals surface area contributed by atoms with Gasteiger partial charge in [-0.05, 0) is 36.2 Å². The summed E-state index contributed by atoms with van der Waals surface area (Å²) in [7, 11) is 0. The predicted molar refractivity (Wildman–Crippen MR) is 122 cm³/mol. The lowest BCUT2D eigenvalue weighted by molar-refractivity contribution is -0.115. The van der Waals surface area contributed by atoms with Crippen LogP contribution in [0.15, 0.2) is 52.6 Å². The standard InChI is InChI=1S/C21H17ClN4O3S2/c1-12-4-5-13(8-16(12)22)7-15-10-23-20(31-15)25-18(27)9-14-11-30-21(24-14)26-19(28)17-3-2-6-29-17/h2-6,8,10-11H,7,9H2,1H3,(H,23,25,27)(H,24,26,28). The molecule has 0 unspecified atom stereocenters. The van der Waals surface area contributed by atoms with Crippen LogP contribution in [0.5, 0.6) is 0 Å². The Balaban J connectivity index is 1.30. The first-order chi connectivity index (χ1) is 15.0. The molecule has 0 saturated carbocycles. The summed E-state index contributed by atoms with van der Waals surface area (Å²) in [6, 6.07) is 9.16. The van der Waals surface area contributed by atoms with Crippen molar-refractivity contribution in [2.45, 2.75) is 19.8 Å². The Morgan fingerprint density at radius 3 is 2.84 bits per heavy atom.